The summed E-state index contributed by atoms with van der Waals surface area (Å²) >= 11 is -0.221. The summed E-state index contributed by atoms with van der Waals surface area (Å²) in [5, 5.41) is 0. The van der Waals surface area contributed by atoms with Gasteiger partial charge in [-0.3, -0.25) is 0 Å². The van der Waals surface area contributed by atoms with Gasteiger partial charge in [-0.1, -0.05) is 0 Å². The number of halogens is 1. The van der Waals surface area contributed by atoms with Crippen LogP contribution in [0.4, 0.5) is 0 Å². The van der Waals surface area contributed by atoms with Gasteiger partial charge in [0.1, 0.15) is 0 Å². The van der Waals surface area contributed by atoms with Crippen LogP contribution in [0.1, 0.15) is 0 Å². The van der Waals surface area contributed by atoms with Crippen molar-refractivity contribution < 1.29 is 4.57 Å². The SMILES string of the molecule is O=[PH]1C=CC=C[IH]1. The zero-order valence-corrected chi connectivity index (χ0v) is 6.96. The topological polar surface area (TPSA) is 17.1 Å². The van der Waals surface area contributed by atoms with Gasteiger partial charge in [-0.15, -0.1) is 0 Å². The Morgan fingerprint density at radius 3 is 2.57 bits per heavy atom. The summed E-state index contributed by atoms with van der Waals surface area (Å²) < 4.78 is 12.6. The van der Waals surface area contributed by atoms with Gasteiger partial charge in [0.25, 0.3) is 0 Å². The van der Waals surface area contributed by atoms with E-state index in [-0.39, 0.29) is 20.7 Å². The first-order valence-corrected chi connectivity index (χ1v) is 8.17. The van der Waals surface area contributed by atoms with Crippen molar-refractivity contribution in [2.45, 2.75) is 0 Å². The van der Waals surface area contributed by atoms with Crippen LogP contribution in [0.15, 0.2) is 22.1 Å². The summed E-state index contributed by atoms with van der Waals surface area (Å²) in [4.78, 5) is 0. The molecule has 0 aromatic heterocycles. The molecule has 1 rings (SSSR count). The van der Waals surface area contributed by atoms with Crippen LogP contribution in [0.5, 0.6) is 0 Å². The number of hydrogen-bond acceptors (Lipinski definition) is 1. The van der Waals surface area contributed by atoms with Gasteiger partial charge in [0, 0.05) is 0 Å². The number of rotatable bonds is 0. The zero-order valence-electron chi connectivity index (χ0n) is 3.63. The standard InChI is InChI=1S/C4H6IOP/c6-7-4-2-1-3-5-7/h1-5,7H. The van der Waals surface area contributed by atoms with Gasteiger partial charge < -0.3 is 0 Å². The first kappa shape index (κ1) is 5.57. The van der Waals surface area contributed by atoms with Gasteiger partial charge in [0.15, 0.2) is 0 Å². The Balaban J connectivity index is 2.66. The van der Waals surface area contributed by atoms with Crippen molar-refractivity contribution in [2.24, 2.45) is 0 Å². The molecule has 0 N–H and O–H groups in total. The Morgan fingerprint density at radius 1 is 1.43 bits per heavy atom. The minimum atomic E-state index is -1.18. The normalized spacial score (nSPS) is 29.4. The molecule has 0 aromatic carbocycles. The van der Waals surface area contributed by atoms with E-state index >= 15 is 0 Å². The van der Waals surface area contributed by atoms with Gasteiger partial charge in [-0.05, 0) is 0 Å². The zero-order chi connectivity index (χ0) is 5.11. The third-order valence-corrected chi connectivity index (χ3v) is 6.21. The van der Waals surface area contributed by atoms with E-state index in [0.29, 0.717) is 0 Å². The summed E-state index contributed by atoms with van der Waals surface area (Å²) in [6.45, 7) is 0. The molecule has 0 amide bonds. The number of allylic oxidation sites excluding steroid dienone is 2. The average molecular weight is 228 g/mol. The van der Waals surface area contributed by atoms with Crippen molar-refractivity contribution in [2.75, 3.05) is 0 Å². The van der Waals surface area contributed by atoms with Gasteiger partial charge in [0.2, 0.25) is 0 Å². The van der Waals surface area contributed by atoms with Gasteiger partial charge in [-0.25, -0.2) is 0 Å². The van der Waals surface area contributed by atoms with E-state index in [1.807, 2.05) is 18.0 Å². The van der Waals surface area contributed by atoms with E-state index in [9.17, 15) is 4.57 Å². The molecular formula is C4H6IOP. The predicted octanol–water partition coefficient (Wildman–Crippen LogP) is 2.21. The van der Waals surface area contributed by atoms with E-state index in [1.165, 1.54) is 0 Å². The summed E-state index contributed by atoms with van der Waals surface area (Å²) in [7, 11) is 0. The third kappa shape index (κ3) is 1.78. The van der Waals surface area contributed by atoms with Crippen molar-refractivity contribution >= 4 is 26.1 Å². The Labute approximate surface area is 52.9 Å². The summed E-state index contributed by atoms with van der Waals surface area (Å²) in [5.74, 6) is 1.83. The maximum absolute atomic E-state index is 10.6. The third-order valence-electron chi connectivity index (χ3n) is 0.606. The van der Waals surface area contributed by atoms with Crippen LogP contribution in [-0.2, 0) is 4.57 Å². The molecule has 0 aliphatic carbocycles. The van der Waals surface area contributed by atoms with Gasteiger partial charge >= 0.3 is 52.7 Å². The molecule has 0 saturated heterocycles. The molecule has 1 nitrogen and oxygen atoms in total. The minimum absolute atomic E-state index is 0.221. The monoisotopic (exact) mass is 228 g/mol. The fraction of sp³-hybridized carbons (Fsp3) is 0. The van der Waals surface area contributed by atoms with Crippen molar-refractivity contribution in [3.05, 3.63) is 22.1 Å². The maximum atomic E-state index is 10.6. The Morgan fingerprint density at radius 2 is 2.29 bits per heavy atom. The predicted molar refractivity (Wildman–Crippen MR) is 42.7 cm³/mol. The molecule has 7 heavy (non-hydrogen) atoms. The molecule has 1 unspecified atom stereocenters. The number of hydrogen-bond donors (Lipinski definition) is 0. The summed E-state index contributed by atoms with van der Waals surface area (Å²) in [6, 6.07) is 0. The molecule has 0 spiro atoms. The van der Waals surface area contributed by atoms with Gasteiger partial charge in [0.05, 0.1) is 0 Å². The molecule has 0 aromatic rings. The van der Waals surface area contributed by atoms with Gasteiger partial charge in [-0.2, -0.15) is 0 Å². The van der Waals surface area contributed by atoms with E-state index < -0.39 is 5.44 Å². The summed E-state index contributed by atoms with van der Waals surface area (Å²) in [5.41, 5.74) is -1.18. The second kappa shape index (κ2) is 2.68. The Hall–Kier alpha value is 0.440. The molecule has 1 heterocycles. The fourth-order valence-corrected chi connectivity index (χ4v) is 4.31. The quantitative estimate of drug-likeness (QED) is 0.458. The van der Waals surface area contributed by atoms with E-state index in [2.05, 4.69) is 4.08 Å². The molecular weight excluding hydrogens is 222 g/mol. The van der Waals surface area contributed by atoms with E-state index in [1.54, 1.807) is 0 Å². The molecule has 1 aliphatic rings. The van der Waals surface area contributed by atoms with E-state index in [0.717, 1.165) is 0 Å². The first-order chi connectivity index (χ1) is 3.39. The van der Waals surface area contributed by atoms with Crippen LogP contribution in [0.3, 0.4) is 0 Å². The first-order valence-electron chi connectivity index (χ1n) is 1.93. The van der Waals surface area contributed by atoms with Crippen molar-refractivity contribution in [1.29, 1.82) is 0 Å². The van der Waals surface area contributed by atoms with Crippen LogP contribution in [0.25, 0.3) is 0 Å². The molecule has 40 valence electrons. The molecule has 0 saturated carbocycles. The second-order valence-electron chi connectivity index (χ2n) is 1.12. The molecule has 0 bridgehead atoms. The molecule has 0 fully saturated rings. The summed E-state index contributed by atoms with van der Waals surface area (Å²) in [6.07, 6.45) is 3.85. The molecule has 1 aliphatic heterocycles. The van der Waals surface area contributed by atoms with Crippen LogP contribution < -0.4 is 0 Å². The molecule has 3 heteroatoms. The van der Waals surface area contributed by atoms with Crippen LogP contribution in [0.2, 0.25) is 0 Å². The Bertz CT molecular complexity index is 139. The van der Waals surface area contributed by atoms with Crippen LogP contribution in [-0.4, -0.2) is 0 Å². The molecule has 0 radical (unpaired) electrons. The van der Waals surface area contributed by atoms with Crippen molar-refractivity contribution in [3.63, 3.8) is 0 Å². The van der Waals surface area contributed by atoms with Crippen LogP contribution in [0, 0.1) is 0 Å². The van der Waals surface area contributed by atoms with Crippen molar-refractivity contribution in [1.82, 2.24) is 0 Å². The van der Waals surface area contributed by atoms with Crippen molar-refractivity contribution in [3.8, 4) is 0 Å². The second-order valence-corrected chi connectivity index (χ2v) is 8.57. The Kier molecular flexibility index (Phi) is 2.13. The fourth-order valence-electron chi connectivity index (χ4n) is 0.325. The van der Waals surface area contributed by atoms with E-state index in [4.69, 9.17) is 0 Å². The average Bonchev–Trinajstić information content (AvgIpc) is 1.69. The molecule has 1 atom stereocenters. The van der Waals surface area contributed by atoms with Crippen LogP contribution >= 0.6 is 26.1 Å².